The van der Waals surface area contributed by atoms with Crippen LogP contribution in [0.2, 0.25) is 0 Å². The van der Waals surface area contributed by atoms with Crippen molar-refractivity contribution >= 4 is 17.7 Å². The van der Waals surface area contributed by atoms with E-state index in [-0.39, 0.29) is 24.5 Å². The molecule has 1 amide bonds. The van der Waals surface area contributed by atoms with Gasteiger partial charge in [0.25, 0.3) is 5.91 Å². The molecule has 0 aliphatic carbocycles. The normalized spacial score (nSPS) is 15.6. The summed E-state index contributed by atoms with van der Waals surface area (Å²) in [4.78, 5) is 32.7. The fraction of sp³-hybridized carbons (Fsp3) is 0.346. The molecule has 10 nitrogen and oxygen atoms in total. The summed E-state index contributed by atoms with van der Waals surface area (Å²) in [7, 11) is 1.53. The Morgan fingerprint density at radius 3 is 2.73 bits per heavy atom. The zero-order valence-corrected chi connectivity index (χ0v) is 21.3. The van der Waals surface area contributed by atoms with Gasteiger partial charge in [-0.1, -0.05) is 17.3 Å². The fourth-order valence-corrected chi connectivity index (χ4v) is 4.41. The van der Waals surface area contributed by atoms with E-state index in [1.165, 1.54) is 19.2 Å². The van der Waals surface area contributed by atoms with Gasteiger partial charge in [0.2, 0.25) is 11.8 Å². The SMILES string of the molecule is CCN(CC)C(=O)CO/N=C1\N[C@@H](c2ccc(F)cc2-c2cccc(OC)n2)Cc2nc(N)nc(C)c21. The van der Waals surface area contributed by atoms with Gasteiger partial charge >= 0.3 is 0 Å². The minimum absolute atomic E-state index is 0.141. The Morgan fingerprint density at radius 2 is 2.00 bits per heavy atom. The van der Waals surface area contributed by atoms with E-state index in [0.717, 1.165) is 5.56 Å². The molecule has 0 unspecified atom stereocenters. The molecule has 37 heavy (non-hydrogen) atoms. The number of likely N-dealkylation sites (N-methyl/N-ethyl adjacent to an activating group) is 1. The van der Waals surface area contributed by atoms with Crippen LogP contribution < -0.4 is 15.8 Å². The third kappa shape index (κ3) is 5.60. The number of rotatable bonds is 8. The van der Waals surface area contributed by atoms with Gasteiger partial charge in [0.15, 0.2) is 12.4 Å². The van der Waals surface area contributed by atoms with E-state index in [2.05, 4.69) is 25.4 Å². The highest BCUT2D eigenvalue weighted by atomic mass is 19.1. The average molecular weight is 508 g/mol. The molecule has 11 heteroatoms. The number of nitrogen functional groups attached to an aromatic ring is 1. The molecule has 0 bridgehead atoms. The summed E-state index contributed by atoms with van der Waals surface area (Å²) in [5.74, 6) is 0.359. The number of carbonyl (C=O) groups excluding carboxylic acids is 1. The summed E-state index contributed by atoms with van der Waals surface area (Å²) >= 11 is 0. The van der Waals surface area contributed by atoms with E-state index in [4.69, 9.17) is 15.3 Å². The van der Waals surface area contributed by atoms with Crippen molar-refractivity contribution in [3.8, 4) is 17.1 Å². The standard InChI is InChI=1S/C26H30FN7O3/c1-5-34(6-2)23(35)14-37-33-25-24-15(3)29-26(28)32-21(24)13-20(31-25)17-11-10-16(27)12-18(17)19-8-7-9-22(30-19)36-4/h7-12,20H,5-6,13-14H2,1-4H3,(H,31,33)(H2,28,29,32)/t20-/m1/s1. The maximum Gasteiger partial charge on any atom is 0.263 e. The van der Waals surface area contributed by atoms with Crippen LogP contribution in [0.1, 0.15) is 42.4 Å². The fourth-order valence-electron chi connectivity index (χ4n) is 4.41. The van der Waals surface area contributed by atoms with Gasteiger partial charge in [-0.2, -0.15) is 0 Å². The first-order valence-corrected chi connectivity index (χ1v) is 12.0. The maximum absolute atomic E-state index is 14.4. The van der Waals surface area contributed by atoms with Crippen LogP contribution in [-0.2, 0) is 16.1 Å². The summed E-state index contributed by atoms with van der Waals surface area (Å²) in [6, 6.07) is 9.47. The van der Waals surface area contributed by atoms with Gasteiger partial charge in [-0.3, -0.25) is 4.79 Å². The Bertz CT molecular complexity index is 1330. The van der Waals surface area contributed by atoms with Crippen molar-refractivity contribution in [3.05, 3.63) is 64.7 Å². The Morgan fingerprint density at radius 1 is 1.22 bits per heavy atom. The number of carbonyl (C=O) groups is 1. The Kier molecular flexibility index (Phi) is 7.80. The number of fused-ring (bicyclic) bond motifs is 1. The molecular formula is C26H30FN7O3. The van der Waals surface area contributed by atoms with Gasteiger partial charge in [-0.15, -0.1) is 0 Å². The first kappa shape index (κ1) is 25.8. The molecular weight excluding hydrogens is 477 g/mol. The molecule has 1 aliphatic heterocycles. The third-order valence-corrected chi connectivity index (χ3v) is 6.19. The van der Waals surface area contributed by atoms with Crippen LogP contribution in [0.15, 0.2) is 41.6 Å². The topological polar surface area (TPSA) is 128 Å². The summed E-state index contributed by atoms with van der Waals surface area (Å²) in [5.41, 5.74) is 9.82. The van der Waals surface area contributed by atoms with Gasteiger partial charge in [-0.05, 0) is 44.5 Å². The van der Waals surface area contributed by atoms with E-state index in [9.17, 15) is 9.18 Å². The van der Waals surface area contributed by atoms with Crippen molar-refractivity contribution in [2.24, 2.45) is 5.16 Å². The molecule has 0 saturated heterocycles. The quantitative estimate of drug-likeness (QED) is 0.446. The lowest BCUT2D eigenvalue weighted by molar-refractivity contribution is -0.135. The number of amides is 1. The number of halogens is 1. The highest BCUT2D eigenvalue weighted by molar-refractivity contribution is 6.01. The number of oxime groups is 1. The van der Waals surface area contributed by atoms with Crippen LogP contribution in [0.5, 0.6) is 5.88 Å². The van der Waals surface area contributed by atoms with Gasteiger partial charge < -0.3 is 25.5 Å². The lowest BCUT2D eigenvalue weighted by Gasteiger charge is -2.29. The molecule has 1 atom stereocenters. The molecule has 3 aromatic rings. The second kappa shape index (κ2) is 11.2. The number of hydrogen-bond donors (Lipinski definition) is 2. The van der Waals surface area contributed by atoms with E-state index in [1.54, 1.807) is 36.1 Å². The summed E-state index contributed by atoms with van der Waals surface area (Å²) in [6.45, 7) is 6.56. The number of ether oxygens (including phenoxy) is 1. The number of nitrogens with two attached hydrogens (primary N) is 1. The zero-order valence-electron chi connectivity index (χ0n) is 21.3. The first-order chi connectivity index (χ1) is 17.8. The second-order valence-corrected chi connectivity index (χ2v) is 8.47. The van der Waals surface area contributed by atoms with E-state index in [1.807, 2.05) is 13.8 Å². The zero-order chi connectivity index (χ0) is 26.5. The number of amidine groups is 1. The monoisotopic (exact) mass is 507 g/mol. The van der Waals surface area contributed by atoms with Crippen molar-refractivity contribution in [1.82, 2.24) is 25.2 Å². The summed E-state index contributed by atoms with van der Waals surface area (Å²) < 4.78 is 19.6. The lowest BCUT2D eigenvalue weighted by atomic mass is 9.90. The molecule has 1 aromatic carbocycles. The van der Waals surface area contributed by atoms with Crippen LogP contribution in [0, 0.1) is 12.7 Å². The van der Waals surface area contributed by atoms with Gasteiger partial charge in [-0.25, -0.2) is 19.3 Å². The smallest absolute Gasteiger partial charge is 0.263 e. The molecule has 0 radical (unpaired) electrons. The minimum atomic E-state index is -0.394. The number of aromatic nitrogens is 3. The molecule has 0 fully saturated rings. The molecule has 4 rings (SSSR count). The van der Waals surface area contributed by atoms with Crippen molar-refractivity contribution in [3.63, 3.8) is 0 Å². The molecule has 0 saturated carbocycles. The Balaban J connectivity index is 1.73. The molecule has 2 aromatic heterocycles. The largest absolute Gasteiger partial charge is 0.481 e. The summed E-state index contributed by atoms with van der Waals surface area (Å²) in [6.07, 6.45) is 0.433. The number of aryl methyl sites for hydroxylation is 1. The molecule has 1 aliphatic rings. The highest BCUT2D eigenvalue weighted by Crippen LogP contribution is 2.34. The number of nitrogens with one attached hydrogen (secondary N) is 1. The predicted octanol–water partition coefficient (Wildman–Crippen LogP) is 3.01. The molecule has 194 valence electrons. The van der Waals surface area contributed by atoms with Gasteiger partial charge in [0, 0.05) is 31.1 Å². The Hall–Kier alpha value is -4.28. The van der Waals surface area contributed by atoms with Crippen molar-refractivity contribution in [2.45, 2.75) is 33.2 Å². The Labute approximate surface area is 214 Å². The van der Waals surface area contributed by atoms with Crippen molar-refractivity contribution < 1.29 is 18.8 Å². The van der Waals surface area contributed by atoms with Crippen LogP contribution in [-0.4, -0.2) is 58.4 Å². The number of benzene rings is 1. The summed E-state index contributed by atoms with van der Waals surface area (Å²) in [5, 5.41) is 7.63. The highest BCUT2D eigenvalue weighted by Gasteiger charge is 2.30. The van der Waals surface area contributed by atoms with Crippen molar-refractivity contribution in [2.75, 3.05) is 32.5 Å². The predicted molar refractivity (Wildman–Crippen MR) is 137 cm³/mol. The third-order valence-electron chi connectivity index (χ3n) is 6.19. The number of anilines is 1. The molecule has 0 spiro atoms. The second-order valence-electron chi connectivity index (χ2n) is 8.47. The van der Waals surface area contributed by atoms with Crippen LogP contribution >= 0.6 is 0 Å². The maximum atomic E-state index is 14.4. The van der Waals surface area contributed by atoms with Crippen molar-refractivity contribution in [1.29, 1.82) is 0 Å². The number of nitrogens with zero attached hydrogens (tertiary/aromatic N) is 5. The first-order valence-electron chi connectivity index (χ1n) is 12.0. The van der Waals surface area contributed by atoms with E-state index >= 15 is 0 Å². The average Bonchev–Trinajstić information content (AvgIpc) is 2.88. The number of hydrogen-bond acceptors (Lipinski definition) is 8. The van der Waals surface area contributed by atoms with Crippen LogP contribution in [0.3, 0.4) is 0 Å². The number of pyridine rings is 1. The van der Waals surface area contributed by atoms with Gasteiger partial charge in [0.05, 0.1) is 35.8 Å². The number of methoxy groups -OCH3 is 1. The van der Waals surface area contributed by atoms with Crippen LogP contribution in [0.25, 0.3) is 11.3 Å². The van der Waals surface area contributed by atoms with E-state index < -0.39 is 5.82 Å². The van der Waals surface area contributed by atoms with Crippen LogP contribution in [0.4, 0.5) is 10.3 Å². The minimum Gasteiger partial charge on any atom is -0.481 e. The van der Waals surface area contributed by atoms with E-state index in [0.29, 0.717) is 59.4 Å². The molecule has 3 N–H and O–H groups in total. The lowest BCUT2D eigenvalue weighted by Crippen LogP contribution is -2.38. The molecule has 3 heterocycles. The van der Waals surface area contributed by atoms with Gasteiger partial charge in [0.1, 0.15) is 5.82 Å².